The monoisotopic (exact) mass is 296 g/mol. The quantitative estimate of drug-likeness (QED) is 0.920. The molecule has 2 aromatic rings. The molecule has 0 bridgehead atoms. The Bertz CT molecular complexity index is 560. The van der Waals surface area contributed by atoms with E-state index in [9.17, 15) is 4.39 Å². The molecule has 0 atom stereocenters. The first-order valence-corrected chi connectivity index (χ1v) is 5.71. The lowest BCUT2D eigenvalue weighted by atomic mass is 10.2. The van der Waals surface area contributed by atoms with E-state index in [0.29, 0.717) is 21.8 Å². The summed E-state index contributed by atoms with van der Waals surface area (Å²) >= 11 is 3.35. The van der Waals surface area contributed by atoms with E-state index in [0.717, 1.165) is 5.56 Å². The molecule has 0 aliphatic carbocycles. The molecule has 0 unspecified atom stereocenters. The number of hydrogen-bond acceptors (Lipinski definition) is 3. The summed E-state index contributed by atoms with van der Waals surface area (Å²) in [5.74, 6) is 0.399. The van der Waals surface area contributed by atoms with E-state index in [1.165, 1.54) is 18.3 Å². The Balaban J connectivity index is 2.34. The van der Waals surface area contributed by atoms with Gasteiger partial charge in [0.1, 0.15) is 11.6 Å². The van der Waals surface area contributed by atoms with Crippen LogP contribution >= 0.6 is 15.9 Å². The van der Waals surface area contributed by atoms with Gasteiger partial charge in [0.25, 0.3) is 0 Å². The van der Waals surface area contributed by atoms with Crippen molar-refractivity contribution in [2.24, 2.45) is 0 Å². The summed E-state index contributed by atoms with van der Waals surface area (Å²) in [4.78, 5) is 4.05. The molecule has 0 radical (unpaired) electrons. The lowest BCUT2D eigenvalue weighted by Crippen LogP contribution is -1.96. The van der Waals surface area contributed by atoms with Gasteiger partial charge >= 0.3 is 0 Å². The molecule has 0 aliphatic heterocycles. The molecular formula is C12H10BrFN2O. The molecule has 0 saturated heterocycles. The van der Waals surface area contributed by atoms with Crippen molar-refractivity contribution in [2.75, 3.05) is 5.73 Å². The van der Waals surface area contributed by atoms with Crippen LogP contribution in [0.2, 0.25) is 0 Å². The fourth-order valence-corrected chi connectivity index (χ4v) is 1.69. The highest BCUT2D eigenvalue weighted by Gasteiger charge is 2.09. The van der Waals surface area contributed by atoms with Crippen LogP contribution in [0.3, 0.4) is 0 Å². The van der Waals surface area contributed by atoms with Crippen molar-refractivity contribution >= 4 is 21.6 Å². The van der Waals surface area contributed by atoms with E-state index >= 15 is 0 Å². The number of pyridine rings is 1. The standard InChI is InChI=1S/C12H10BrFN2O/c1-7-10(15)6-16-12(11(7)13)17-9-4-2-3-8(14)5-9/h2-6H,15H2,1H3. The van der Waals surface area contributed by atoms with Crippen LogP contribution in [0.1, 0.15) is 5.56 Å². The minimum absolute atomic E-state index is 0.356. The number of nitrogens with two attached hydrogens (primary N) is 1. The molecule has 0 fully saturated rings. The zero-order chi connectivity index (χ0) is 12.4. The van der Waals surface area contributed by atoms with Crippen LogP contribution in [0, 0.1) is 12.7 Å². The lowest BCUT2D eigenvalue weighted by Gasteiger charge is -2.09. The highest BCUT2D eigenvalue weighted by Crippen LogP contribution is 2.32. The van der Waals surface area contributed by atoms with Gasteiger partial charge in [0, 0.05) is 6.07 Å². The van der Waals surface area contributed by atoms with Crippen molar-refractivity contribution in [1.29, 1.82) is 0 Å². The average molecular weight is 297 g/mol. The average Bonchev–Trinajstić information content (AvgIpc) is 2.30. The molecule has 0 aliphatic rings. The van der Waals surface area contributed by atoms with E-state index < -0.39 is 0 Å². The summed E-state index contributed by atoms with van der Waals surface area (Å²) < 4.78 is 19.1. The topological polar surface area (TPSA) is 48.1 Å². The van der Waals surface area contributed by atoms with Crippen LogP contribution in [0.5, 0.6) is 11.6 Å². The first-order valence-electron chi connectivity index (χ1n) is 4.92. The van der Waals surface area contributed by atoms with Crippen LogP contribution in [0.25, 0.3) is 0 Å². The highest BCUT2D eigenvalue weighted by molar-refractivity contribution is 9.10. The normalized spacial score (nSPS) is 10.3. The first kappa shape index (κ1) is 11.9. The molecule has 1 aromatic carbocycles. The van der Waals surface area contributed by atoms with E-state index in [4.69, 9.17) is 10.5 Å². The second-order valence-corrected chi connectivity index (χ2v) is 4.31. The number of rotatable bonds is 2. The number of aromatic nitrogens is 1. The van der Waals surface area contributed by atoms with Gasteiger partial charge in [-0.25, -0.2) is 9.37 Å². The van der Waals surface area contributed by atoms with Gasteiger partial charge in [-0.15, -0.1) is 0 Å². The van der Waals surface area contributed by atoms with Gasteiger partial charge in [-0.05, 0) is 40.5 Å². The fraction of sp³-hybridized carbons (Fsp3) is 0.0833. The van der Waals surface area contributed by atoms with Crippen LogP contribution < -0.4 is 10.5 Å². The Morgan fingerprint density at radius 1 is 1.41 bits per heavy atom. The Labute approximate surface area is 107 Å². The second-order valence-electron chi connectivity index (χ2n) is 3.52. The number of nitrogens with zero attached hydrogens (tertiary/aromatic N) is 1. The van der Waals surface area contributed by atoms with Crippen LogP contribution in [0.4, 0.5) is 10.1 Å². The summed E-state index contributed by atoms with van der Waals surface area (Å²) in [5.41, 5.74) is 7.11. The van der Waals surface area contributed by atoms with Crippen LogP contribution in [0.15, 0.2) is 34.9 Å². The molecule has 0 saturated carbocycles. The molecule has 1 aromatic heterocycles. The molecule has 1 heterocycles. The number of hydrogen-bond donors (Lipinski definition) is 1. The number of nitrogen functional groups attached to an aromatic ring is 1. The molecule has 0 spiro atoms. The molecule has 88 valence electrons. The van der Waals surface area contributed by atoms with Gasteiger partial charge in [0.2, 0.25) is 5.88 Å². The molecule has 3 nitrogen and oxygen atoms in total. The predicted octanol–water partition coefficient (Wildman–Crippen LogP) is 3.67. The minimum atomic E-state index is -0.356. The van der Waals surface area contributed by atoms with Crippen LogP contribution in [-0.2, 0) is 0 Å². The number of anilines is 1. The first-order chi connectivity index (χ1) is 8.08. The van der Waals surface area contributed by atoms with Gasteiger partial charge in [-0.2, -0.15) is 0 Å². The SMILES string of the molecule is Cc1c(N)cnc(Oc2cccc(F)c2)c1Br. The van der Waals surface area contributed by atoms with E-state index in [1.807, 2.05) is 6.92 Å². The summed E-state index contributed by atoms with van der Waals surface area (Å²) in [5, 5.41) is 0. The summed E-state index contributed by atoms with van der Waals surface area (Å²) in [6.45, 7) is 1.85. The van der Waals surface area contributed by atoms with Crippen molar-refractivity contribution in [1.82, 2.24) is 4.98 Å². The third-order valence-electron chi connectivity index (χ3n) is 2.28. The number of benzene rings is 1. The van der Waals surface area contributed by atoms with E-state index in [-0.39, 0.29) is 5.82 Å². The smallest absolute Gasteiger partial charge is 0.234 e. The maximum absolute atomic E-state index is 13.0. The summed E-state index contributed by atoms with van der Waals surface area (Å²) in [7, 11) is 0. The Kier molecular flexibility index (Phi) is 3.28. The molecule has 2 N–H and O–H groups in total. The largest absolute Gasteiger partial charge is 0.438 e. The Morgan fingerprint density at radius 3 is 2.88 bits per heavy atom. The third-order valence-corrected chi connectivity index (χ3v) is 3.22. The zero-order valence-electron chi connectivity index (χ0n) is 9.08. The predicted molar refractivity (Wildman–Crippen MR) is 67.6 cm³/mol. The van der Waals surface area contributed by atoms with Crippen molar-refractivity contribution in [2.45, 2.75) is 6.92 Å². The number of halogens is 2. The Hall–Kier alpha value is -1.62. The van der Waals surface area contributed by atoms with Crippen LogP contribution in [-0.4, -0.2) is 4.98 Å². The second kappa shape index (κ2) is 4.71. The maximum Gasteiger partial charge on any atom is 0.234 e. The van der Waals surface area contributed by atoms with E-state index in [2.05, 4.69) is 20.9 Å². The molecule has 2 rings (SSSR count). The molecule has 5 heteroatoms. The molecule has 0 amide bonds. The number of ether oxygens (including phenoxy) is 1. The van der Waals surface area contributed by atoms with Crippen molar-refractivity contribution in [3.05, 3.63) is 46.3 Å². The van der Waals surface area contributed by atoms with Gasteiger partial charge < -0.3 is 10.5 Å². The van der Waals surface area contributed by atoms with E-state index in [1.54, 1.807) is 12.1 Å². The molecule has 17 heavy (non-hydrogen) atoms. The highest BCUT2D eigenvalue weighted by atomic mass is 79.9. The van der Waals surface area contributed by atoms with Gasteiger partial charge in [0.15, 0.2) is 0 Å². The maximum atomic E-state index is 13.0. The molecular weight excluding hydrogens is 287 g/mol. The minimum Gasteiger partial charge on any atom is -0.438 e. The lowest BCUT2D eigenvalue weighted by molar-refractivity contribution is 0.454. The van der Waals surface area contributed by atoms with Crippen molar-refractivity contribution in [3.8, 4) is 11.6 Å². The summed E-state index contributed by atoms with van der Waals surface area (Å²) in [6.07, 6.45) is 1.51. The van der Waals surface area contributed by atoms with Crippen molar-refractivity contribution in [3.63, 3.8) is 0 Å². The Morgan fingerprint density at radius 2 is 2.18 bits per heavy atom. The van der Waals surface area contributed by atoms with Crippen molar-refractivity contribution < 1.29 is 9.13 Å². The third kappa shape index (κ3) is 2.55. The summed E-state index contributed by atoms with van der Waals surface area (Å²) in [6, 6.07) is 5.87. The zero-order valence-corrected chi connectivity index (χ0v) is 10.7. The van der Waals surface area contributed by atoms with Gasteiger partial charge in [-0.1, -0.05) is 6.07 Å². The van der Waals surface area contributed by atoms with Gasteiger partial charge in [-0.3, -0.25) is 0 Å². The van der Waals surface area contributed by atoms with Gasteiger partial charge in [0.05, 0.1) is 16.4 Å². The fourth-order valence-electron chi connectivity index (χ4n) is 1.28.